The van der Waals surface area contributed by atoms with Gasteiger partial charge in [0.25, 0.3) is 0 Å². The average Bonchev–Trinajstić information content (AvgIpc) is 3.04. The van der Waals surface area contributed by atoms with Gasteiger partial charge in [0.05, 0.1) is 25.8 Å². The van der Waals surface area contributed by atoms with Crippen molar-refractivity contribution in [3.05, 3.63) is 30.1 Å². The molecule has 1 rings (SSSR count). The summed E-state index contributed by atoms with van der Waals surface area (Å²) in [6.45, 7) is 7.66. The number of aromatic nitrogens is 1. The number of oxime groups is 1. The third kappa shape index (κ3) is 23.9. The van der Waals surface area contributed by atoms with Crippen molar-refractivity contribution in [2.75, 3.05) is 26.7 Å². The molecular formula is C40H76N3O+. The average molecular weight is 615 g/mol. The molecule has 256 valence electrons. The van der Waals surface area contributed by atoms with Crippen LogP contribution in [0, 0.1) is 0 Å². The maximum atomic E-state index is 9.87. The first-order chi connectivity index (χ1) is 21.6. The van der Waals surface area contributed by atoms with Gasteiger partial charge in [0, 0.05) is 6.20 Å². The summed E-state index contributed by atoms with van der Waals surface area (Å²) in [5.41, 5.74) is 1.53. The fraction of sp³-hybridized carbons (Fsp3) is 0.850. The van der Waals surface area contributed by atoms with Gasteiger partial charge in [-0.3, -0.25) is 4.98 Å². The largest absolute Gasteiger partial charge is 0.410 e. The first-order valence-corrected chi connectivity index (χ1v) is 19.6. The maximum absolute atomic E-state index is 9.87. The predicted molar refractivity (Wildman–Crippen MR) is 194 cm³/mol. The molecule has 1 N–H and O–H groups in total. The summed E-state index contributed by atoms with van der Waals surface area (Å²) in [5, 5.41) is 13.6. The van der Waals surface area contributed by atoms with Gasteiger partial charge in [-0.1, -0.05) is 179 Å². The van der Waals surface area contributed by atoms with Crippen LogP contribution in [-0.4, -0.2) is 47.1 Å². The van der Waals surface area contributed by atoms with Crippen molar-refractivity contribution in [1.29, 1.82) is 0 Å². The minimum absolute atomic E-state index is 0.726. The number of nitrogens with zero attached hydrogens (tertiary/aromatic N) is 3. The molecule has 0 aliphatic rings. The Morgan fingerprint density at radius 2 is 0.886 bits per heavy atom. The highest BCUT2D eigenvalue weighted by Gasteiger charge is 2.25. The Morgan fingerprint density at radius 3 is 1.18 bits per heavy atom. The number of hydrogen-bond donors (Lipinski definition) is 1. The highest BCUT2D eigenvalue weighted by atomic mass is 16.4. The molecule has 4 nitrogen and oxygen atoms in total. The molecule has 0 bridgehead atoms. The molecule has 0 spiro atoms. The lowest BCUT2D eigenvalue weighted by Crippen LogP contribution is -2.49. The van der Waals surface area contributed by atoms with Gasteiger partial charge in [0.2, 0.25) is 0 Å². The van der Waals surface area contributed by atoms with Crippen LogP contribution in [0.3, 0.4) is 0 Å². The molecule has 0 saturated heterocycles. The Balaban J connectivity index is 2.26. The molecule has 1 aromatic heterocycles. The minimum atomic E-state index is 0.726. The minimum Gasteiger partial charge on any atom is -0.410 e. The number of rotatable bonds is 33. The van der Waals surface area contributed by atoms with E-state index in [-0.39, 0.29) is 0 Å². The van der Waals surface area contributed by atoms with Crippen molar-refractivity contribution < 1.29 is 9.69 Å². The predicted octanol–water partition coefficient (Wildman–Crippen LogP) is 12.7. The Kier molecular flexibility index (Phi) is 27.9. The quantitative estimate of drug-likeness (QED) is 0.0281. The second kappa shape index (κ2) is 30.2. The summed E-state index contributed by atoms with van der Waals surface area (Å²) in [7, 11) is 2.37. The molecule has 0 amide bonds. The maximum Gasteiger partial charge on any atom is 0.159 e. The summed E-state index contributed by atoms with van der Waals surface area (Å²) in [6.07, 6.45) is 40.9. The van der Waals surface area contributed by atoms with Gasteiger partial charge >= 0.3 is 0 Å². The summed E-state index contributed by atoms with van der Waals surface area (Å²) >= 11 is 0. The molecule has 0 fully saturated rings. The SMILES string of the molecule is CCCCCCCCCCCCCCCC[N+](C)(CCCCCCCCCCCCCCCC)C/C(=N\O)c1ccccn1. The zero-order chi connectivity index (χ0) is 31.8. The highest BCUT2D eigenvalue weighted by molar-refractivity contribution is 5.99. The Morgan fingerprint density at radius 1 is 0.545 bits per heavy atom. The molecule has 0 saturated carbocycles. The van der Waals surface area contributed by atoms with Crippen molar-refractivity contribution >= 4 is 5.71 Å². The first-order valence-electron chi connectivity index (χ1n) is 19.6. The van der Waals surface area contributed by atoms with Gasteiger partial charge in [-0.2, -0.15) is 0 Å². The molecule has 0 aromatic carbocycles. The van der Waals surface area contributed by atoms with Crippen LogP contribution >= 0.6 is 0 Å². The van der Waals surface area contributed by atoms with Crippen molar-refractivity contribution in [3.8, 4) is 0 Å². The monoisotopic (exact) mass is 615 g/mol. The molecule has 0 radical (unpaired) electrons. The van der Waals surface area contributed by atoms with Crippen LogP contribution in [-0.2, 0) is 0 Å². The normalized spacial score (nSPS) is 12.3. The number of quaternary nitrogens is 1. The molecule has 1 heterocycles. The fourth-order valence-corrected chi connectivity index (χ4v) is 6.70. The van der Waals surface area contributed by atoms with E-state index in [9.17, 15) is 5.21 Å². The zero-order valence-electron chi connectivity index (χ0n) is 30.0. The van der Waals surface area contributed by atoms with E-state index >= 15 is 0 Å². The Bertz CT molecular complexity index is 718. The number of likely N-dealkylation sites (N-methyl/N-ethyl adjacent to an activating group) is 1. The number of hydrogen-bond acceptors (Lipinski definition) is 3. The molecule has 1 aromatic rings. The van der Waals surface area contributed by atoms with E-state index in [1.165, 1.54) is 180 Å². The van der Waals surface area contributed by atoms with E-state index in [0.717, 1.165) is 35.5 Å². The summed E-state index contributed by atoms with van der Waals surface area (Å²) in [4.78, 5) is 4.48. The molecule has 44 heavy (non-hydrogen) atoms. The van der Waals surface area contributed by atoms with Gasteiger partial charge in [-0.05, 0) is 37.8 Å². The Labute approximate surface area is 275 Å². The smallest absolute Gasteiger partial charge is 0.159 e. The van der Waals surface area contributed by atoms with Crippen LogP contribution < -0.4 is 0 Å². The van der Waals surface area contributed by atoms with E-state index in [2.05, 4.69) is 31.0 Å². The van der Waals surface area contributed by atoms with E-state index < -0.39 is 0 Å². The highest BCUT2D eigenvalue weighted by Crippen LogP contribution is 2.18. The number of pyridine rings is 1. The zero-order valence-corrected chi connectivity index (χ0v) is 30.0. The van der Waals surface area contributed by atoms with Crippen molar-refractivity contribution in [2.45, 2.75) is 194 Å². The van der Waals surface area contributed by atoms with E-state index in [0.29, 0.717) is 0 Å². The van der Waals surface area contributed by atoms with Gasteiger partial charge in [-0.15, -0.1) is 0 Å². The number of unbranched alkanes of at least 4 members (excludes halogenated alkanes) is 26. The fourth-order valence-electron chi connectivity index (χ4n) is 6.70. The van der Waals surface area contributed by atoms with Crippen LogP contribution in [0.25, 0.3) is 0 Å². The molecule has 0 unspecified atom stereocenters. The third-order valence-electron chi connectivity index (χ3n) is 9.72. The van der Waals surface area contributed by atoms with E-state index in [1.807, 2.05) is 18.2 Å². The van der Waals surface area contributed by atoms with Gasteiger partial charge in [-0.25, -0.2) is 0 Å². The van der Waals surface area contributed by atoms with Crippen LogP contribution in [0.5, 0.6) is 0 Å². The molecule has 4 heteroatoms. The lowest BCUT2D eigenvalue weighted by Gasteiger charge is -2.35. The van der Waals surface area contributed by atoms with Crippen molar-refractivity contribution in [2.24, 2.45) is 5.16 Å². The molecule has 0 atom stereocenters. The van der Waals surface area contributed by atoms with Crippen molar-refractivity contribution in [3.63, 3.8) is 0 Å². The van der Waals surface area contributed by atoms with E-state index in [1.54, 1.807) is 6.20 Å². The van der Waals surface area contributed by atoms with Crippen molar-refractivity contribution in [1.82, 2.24) is 4.98 Å². The summed E-state index contributed by atoms with van der Waals surface area (Å²) in [5.74, 6) is 0. The molecule has 0 aliphatic carbocycles. The van der Waals surface area contributed by atoms with Crippen LogP contribution in [0.2, 0.25) is 0 Å². The van der Waals surface area contributed by atoms with Gasteiger partial charge in [0.1, 0.15) is 6.54 Å². The van der Waals surface area contributed by atoms with Crippen LogP contribution in [0.1, 0.15) is 199 Å². The van der Waals surface area contributed by atoms with E-state index in [4.69, 9.17) is 0 Å². The van der Waals surface area contributed by atoms with Crippen LogP contribution in [0.15, 0.2) is 29.6 Å². The standard InChI is InChI=1S/C40H75N3O/c1-4-6-8-10-12-14-16-18-20-22-24-26-28-32-36-43(3,38-40(42-44)39-34-30-31-35-41-39)37-33-29-27-25-23-21-19-17-15-13-11-9-7-5-2/h30-31,34-35H,4-29,32-33,36-38H2,1-3H3/p+1/b42-40+. The first kappa shape index (κ1) is 40.6. The second-order valence-electron chi connectivity index (χ2n) is 14.2. The van der Waals surface area contributed by atoms with Gasteiger partial charge in [0.15, 0.2) is 5.71 Å². The van der Waals surface area contributed by atoms with Crippen LogP contribution in [0.4, 0.5) is 0 Å². The Hall–Kier alpha value is -1.42. The lowest BCUT2D eigenvalue weighted by molar-refractivity contribution is -0.901. The topological polar surface area (TPSA) is 45.5 Å². The molecular weight excluding hydrogens is 538 g/mol. The summed E-state index contributed by atoms with van der Waals surface area (Å²) < 4.78 is 0.951. The third-order valence-corrected chi connectivity index (χ3v) is 9.72. The lowest BCUT2D eigenvalue weighted by atomic mass is 10.0. The summed E-state index contributed by atoms with van der Waals surface area (Å²) in [6, 6.07) is 5.88. The second-order valence-corrected chi connectivity index (χ2v) is 14.2. The molecule has 0 aliphatic heterocycles. The van der Waals surface area contributed by atoms with Gasteiger partial charge < -0.3 is 9.69 Å².